The summed E-state index contributed by atoms with van der Waals surface area (Å²) in [6, 6.07) is 0. The minimum atomic E-state index is -0.575. The van der Waals surface area contributed by atoms with E-state index in [1.807, 2.05) is 0 Å². The lowest BCUT2D eigenvalue weighted by Crippen LogP contribution is -2.01. The van der Waals surface area contributed by atoms with Crippen molar-refractivity contribution in [2.75, 3.05) is 7.11 Å². The molecule has 0 aromatic carbocycles. The van der Waals surface area contributed by atoms with Crippen LogP contribution in [0, 0.1) is 0 Å². The molecule has 0 aromatic heterocycles. The van der Waals surface area contributed by atoms with E-state index < -0.39 is 20.0 Å². The average molecular weight is 161 g/mol. The van der Waals surface area contributed by atoms with Crippen molar-refractivity contribution < 1.29 is 19.0 Å². The monoisotopic (exact) mass is 161 g/mol. The van der Waals surface area contributed by atoms with Gasteiger partial charge < -0.3 is 9.39 Å². The SMILES string of the molecule is C[B]OC(=O)PC(=O)OC. The molecule has 0 fully saturated rings. The third-order valence-electron chi connectivity index (χ3n) is 0.614. The molecule has 55 valence electrons. The maximum absolute atomic E-state index is 10.5. The Bertz CT molecular complexity index is 137. The average Bonchev–Trinajstić information content (AvgIpc) is 1.88. The lowest BCUT2D eigenvalue weighted by molar-refractivity contribution is 0.198. The van der Waals surface area contributed by atoms with Gasteiger partial charge in [-0.15, -0.1) is 0 Å². The van der Waals surface area contributed by atoms with Crippen molar-refractivity contribution in [1.29, 1.82) is 0 Å². The van der Waals surface area contributed by atoms with Crippen molar-refractivity contribution in [2.45, 2.75) is 6.82 Å². The van der Waals surface area contributed by atoms with Gasteiger partial charge >= 0.3 is 18.9 Å². The second kappa shape index (κ2) is 5.24. The molecule has 1 radical (unpaired) electrons. The molecule has 0 aliphatic carbocycles. The predicted molar refractivity (Wildman–Crippen MR) is 38.8 cm³/mol. The van der Waals surface area contributed by atoms with Gasteiger partial charge in [-0.3, -0.25) is 0 Å². The molecule has 10 heavy (non-hydrogen) atoms. The van der Waals surface area contributed by atoms with E-state index in [1.54, 1.807) is 6.82 Å². The molecule has 0 aliphatic rings. The van der Waals surface area contributed by atoms with Crippen LogP contribution in [0.4, 0.5) is 9.59 Å². The van der Waals surface area contributed by atoms with Crippen LogP contribution < -0.4 is 0 Å². The number of methoxy groups -OCH3 is 1. The first-order valence-corrected chi connectivity index (χ1v) is 3.54. The zero-order valence-electron chi connectivity index (χ0n) is 5.71. The summed E-state index contributed by atoms with van der Waals surface area (Å²) in [4.78, 5) is 20.8. The highest BCUT2D eigenvalue weighted by Crippen LogP contribution is 2.15. The van der Waals surface area contributed by atoms with Crippen molar-refractivity contribution in [2.24, 2.45) is 0 Å². The quantitative estimate of drug-likeness (QED) is 0.461. The first kappa shape index (κ1) is 9.43. The summed E-state index contributed by atoms with van der Waals surface area (Å²) in [5.41, 5.74) is -1.14. The van der Waals surface area contributed by atoms with Crippen molar-refractivity contribution >= 4 is 27.5 Å². The van der Waals surface area contributed by atoms with E-state index in [0.717, 1.165) is 0 Å². The minimum absolute atomic E-state index is 0.563. The van der Waals surface area contributed by atoms with Gasteiger partial charge in [0.05, 0.1) is 7.11 Å². The van der Waals surface area contributed by atoms with Gasteiger partial charge in [-0.1, -0.05) is 6.82 Å². The van der Waals surface area contributed by atoms with Gasteiger partial charge in [0.2, 0.25) is 0 Å². The van der Waals surface area contributed by atoms with Crippen molar-refractivity contribution in [1.82, 2.24) is 0 Å². The molecule has 0 heterocycles. The van der Waals surface area contributed by atoms with Crippen molar-refractivity contribution in [3.63, 3.8) is 0 Å². The smallest absolute Gasteiger partial charge is 0.370 e. The summed E-state index contributed by atoms with van der Waals surface area (Å²) in [5, 5.41) is 0. The van der Waals surface area contributed by atoms with Gasteiger partial charge in [0, 0.05) is 0 Å². The van der Waals surface area contributed by atoms with Crippen LogP contribution in [0.5, 0.6) is 0 Å². The minimum Gasteiger partial charge on any atom is -0.536 e. The molecule has 4 nitrogen and oxygen atoms in total. The zero-order chi connectivity index (χ0) is 7.98. The van der Waals surface area contributed by atoms with Crippen LogP contribution in [0.3, 0.4) is 0 Å². The summed E-state index contributed by atoms with van der Waals surface area (Å²) < 4.78 is 8.59. The molecular weight excluding hydrogens is 154 g/mol. The Morgan fingerprint density at radius 2 is 2.00 bits per heavy atom. The molecule has 0 saturated carbocycles. The lowest BCUT2D eigenvalue weighted by atomic mass is 10.1. The standard InChI is InChI=1S/C4H7BO4P/c1-5-9-4(7)10-3(6)8-2/h10H,1-2H3. The number of ether oxygens (including phenoxy) is 1. The molecule has 1 unspecified atom stereocenters. The first-order valence-electron chi connectivity index (χ1n) is 2.54. The van der Waals surface area contributed by atoms with Gasteiger partial charge in [0.1, 0.15) is 8.58 Å². The van der Waals surface area contributed by atoms with Crippen molar-refractivity contribution in [3.8, 4) is 0 Å². The van der Waals surface area contributed by atoms with E-state index in [4.69, 9.17) is 0 Å². The van der Waals surface area contributed by atoms with Crippen LogP contribution in [0.25, 0.3) is 0 Å². The summed E-state index contributed by atoms with van der Waals surface area (Å²) in [6.45, 7) is 1.56. The van der Waals surface area contributed by atoms with E-state index in [9.17, 15) is 9.59 Å². The Morgan fingerprint density at radius 3 is 2.40 bits per heavy atom. The summed E-state index contributed by atoms with van der Waals surface area (Å²) in [5.74, 6) is 0. The van der Waals surface area contributed by atoms with E-state index in [0.29, 0.717) is 0 Å². The molecule has 0 amide bonds. The molecule has 6 heteroatoms. The predicted octanol–water partition coefficient (Wildman–Crippen LogP) is 1.24. The van der Waals surface area contributed by atoms with Gasteiger partial charge in [0.15, 0.2) is 0 Å². The van der Waals surface area contributed by atoms with Gasteiger partial charge in [-0.2, -0.15) is 0 Å². The second-order valence-electron chi connectivity index (χ2n) is 1.26. The van der Waals surface area contributed by atoms with Crippen LogP contribution in [-0.4, -0.2) is 26.0 Å². The van der Waals surface area contributed by atoms with Crippen LogP contribution in [0.1, 0.15) is 0 Å². The first-order chi connectivity index (χ1) is 4.70. The Morgan fingerprint density at radius 1 is 1.40 bits per heavy atom. The van der Waals surface area contributed by atoms with Gasteiger partial charge in [-0.25, -0.2) is 9.59 Å². The number of hydrogen-bond acceptors (Lipinski definition) is 4. The molecule has 1 atom stereocenters. The molecule has 0 N–H and O–H groups in total. The van der Waals surface area contributed by atoms with Crippen LogP contribution in [0.2, 0.25) is 6.82 Å². The maximum atomic E-state index is 10.5. The fourth-order valence-electron chi connectivity index (χ4n) is 0.271. The van der Waals surface area contributed by atoms with E-state index in [-0.39, 0.29) is 0 Å². The van der Waals surface area contributed by atoms with Gasteiger partial charge in [0.25, 0.3) is 0 Å². The topological polar surface area (TPSA) is 52.6 Å². The largest absolute Gasteiger partial charge is 0.536 e. The molecule has 0 aromatic rings. The molecular formula is C4H7BO4P. The lowest BCUT2D eigenvalue weighted by Gasteiger charge is -1.98. The fourth-order valence-corrected chi connectivity index (χ4v) is 0.716. The third-order valence-corrected chi connectivity index (χ3v) is 1.34. The Kier molecular flexibility index (Phi) is 4.94. The van der Waals surface area contributed by atoms with E-state index in [2.05, 4.69) is 9.39 Å². The zero-order valence-corrected chi connectivity index (χ0v) is 6.71. The molecule has 0 bridgehead atoms. The molecule has 0 saturated heterocycles. The summed E-state index contributed by atoms with van der Waals surface area (Å²) >= 11 is 0. The number of rotatable bonds is 3. The second-order valence-corrected chi connectivity index (χ2v) is 2.32. The van der Waals surface area contributed by atoms with E-state index in [1.165, 1.54) is 14.6 Å². The summed E-state index contributed by atoms with van der Waals surface area (Å²) in [7, 11) is 1.87. The maximum Gasteiger partial charge on any atom is 0.370 e. The van der Waals surface area contributed by atoms with Crippen molar-refractivity contribution in [3.05, 3.63) is 0 Å². The third kappa shape index (κ3) is 4.33. The highest BCUT2D eigenvalue weighted by atomic mass is 31.1. The number of carbonyl (C=O) groups excluding carboxylic acids is 2. The Balaban J connectivity index is 3.47. The van der Waals surface area contributed by atoms with Crippen LogP contribution in [0.15, 0.2) is 0 Å². The highest BCUT2D eigenvalue weighted by Gasteiger charge is 2.08. The van der Waals surface area contributed by atoms with Crippen LogP contribution in [-0.2, 0) is 9.39 Å². The molecule has 0 rings (SSSR count). The normalized spacial score (nSPS) is 9.40. The molecule has 0 aliphatic heterocycles. The Labute approximate surface area is 61.3 Å². The van der Waals surface area contributed by atoms with Crippen LogP contribution >= 0.6 is 8.58 Å². The van der Waals surface area contributed by atoms with Gasteiger partial charge in [-0.05, 0) is 0 Å². The highest BCUT2D eigenvalue weighted by molar-refractivity contribution is 7.72. The number of hydrogen-bond donors (Lipinski definition) is 0. The number of carbonyl (C=O) groups is 2. The molecule has 0 spiro atoms. The van der Waals surface area contributed by atoms with E-state index >= 15 is 0 Å². The summed E-state index contributed by atoms with van der Waals surface area (Å²) in [6.07, 6.45) is 0. The fraction of sp³-hybridized carbons (Fsp3) is 0.500. The Hall–Kier alpha value is -0.565.